The third-order valence-electron chi connectivity index (χ3n) is 2.23. The normalized spacial score (nSPS) is 9.61. The molecule has 5 nitrogen and oxygen atoms in total. The molecule has 18 heavy (non-hydrogen) atoms. The Balaban J connectivity index is 2.28. The number of carbonyl (C=O) groups is 1. The van der Waals surface area contributed by atoms with Gasteiger partial charge in [0.25, 0.3) is 0 Å². The SMILES string of the molecule is COc1ccc(NC(=O)NCCCC(N)=S)cc1. The highest BCUT2D eigenvalue weighted by molar-refractivity contribution is 7.80. The van der Waals surface area contributed by atoms with Crippen LogP contribution in [0.5, 0.6) is 5.75 Å². The molecule has 98 valence electrons. The minimum absolute atomic E-state index is 0.247. The smallest absolute Gasteiger partial charge is 0.319 e. The van der Waals surface area contributed by atoms with Crippen LogP contribution in [0.2, 0.25) is 0 Å². The van der Waals surface area contributed by atoms with E-state index in [1.807, 2.05) is 0 Å². The van der Waals surface area contributed by atoms with Crippen molar-refractivity contribution in [1.82, 2.24) is 5.32 Å². The molecule has 0 aliphatic carbocycles. The van der Waals surface area contributed by atoms with E-state index in [2.05, 4.69) is 10.6 Å². The number of methoxy groups -OCH3 is 1. The highest BCUT2D eigenvalue weighted by Crippen LogP contribution is 2.14. The average Bonchev–Trinajstić information content (AvgIpc) is 2.35. The highest BCUT2D eigenvalue weighted by Gasteiger charge is 2.01. The Morgan fingerprint density at radius 1 is 1.39 bits per heavy atom. The number of amides is 2. The van der Waals surface area contributed by atoms with Crippen molar-refractivity contribution >= 4 is 28.9 Å². The lowest BCUT2D eigenvalue weighted by molar-refractivity contribution is 0.252. The summed E-state index contributed by atoms with van der Waals surface area (Å²) in [5, 5.41) is 5.43. The second-order valence-corrected chi connectivity index (χ2v) is 4.20. The monoisotopic (exact) mass is 267 g/mol. The van der Waals surface area contributed by atoms with E-state index in [0.717, 1.165) is 12.2 Å². The molecule has 0 atom stereocenters. The molecular formula is C12H17N3O2S. The number of thiocarbonyl (C=S) groups is 1. The standard InChI is InChI=1S/C12H17N3O2S/c1-17-10-6-4-9(5-7-10)15-12(16)14-8-2-3-11(13)18/h4-7H,2-3,8H2,1H3,(H2,13,18)(H2,14,15,16). The fraction of sp³-hybridized carbons (Fsp3) is 0.333. The second kappa shape index (κ2) is 7.50. The predicted octanol–water partition coefficient (Wildman–Crippen LogP) is 1.88. The van der Waals surface area contributed by atoms with Crippen molar-refractivity contribution in [2.24, 2.45) is 5.73 Å². The summed E-state index contributed by atoms with van der Waals surface area (Å²) >= 11 is 4.74. The first-order chi connectivity index (χ1) is 8.61. The quantitative estimate of drug-likeness (QED) is 0.543. The molecule has 0 saturated carbocycles. The van der Waals surface area contributed by atoms with Crippen LogP contribution < -0.4 is 21.1 Å². The maximum Gasteiger partial charge on any atom is 0.319 e. The minimum atomic E-state index is -0.247. The highest BCUT2D eigenvalue weighted by atomic mass is 32.1. The van der Waals surface area contributed by atoms with E-state index in [-0.39, 0.29) is 6.03 Å². The number of anilines is 1. The van der Waals surface area contributed by atoms with Crippen LogP contribution in [0, 0.1) is 0 Å². The molecule has 1 aromatic carbocycles. The maximum absolute atomic E-state index is 11.5. The van der Waals surface area contributed by atoms with E-state index >= 15 is 0 Å². The average molecular weight is 267 g/mol. The van der Waals surface area contributed by atoms with E-state index < -0.39 is 0 Å². The molecular weight excluding hydrogens is 250 g/mol. The van der Waals surface area contributed by atoms with Crippen molar-refractivity contribution in [3.8, 4) is 5.75 Å². The van der Waals surface area contributed by atoms with Crippen LogP contribution in [0.1, 0.15) is 12.8 Å². The number of benzene rings is 1. The molecule has 2 amide bonds. The summed E-state index contributed by atoms with van der Waals surface area (Å²) in [5.41, 5.74) is 6.06. The molecule has 1 aromatic rings. The maximum atomic E-state index is 11.5. The van der Waals surface area contributed by atoms with Crippen molar-refractivity contribution in [3.05, 3.63) is 24.3 Å². The van der Waals surface area contributed by atoms with Crippen molar-refractivity contribution < 1.29 is 9.53 Å². The Morgan fingerprint density at radius 3 is 2.61 bits per heavy atom. The van der Waals surface area contributed by atoms with Crippen molar-refractivity contribution in [3.63, 3.8) is 0 Å². The summed E-state index contributed by atoms with van der Waals surface area (Å²) in [6.45, 7) is 0.541. The lowest BCUT2D eigenvalue weighted by atomic mass is 10.3. The van der Waals surface area contributed by atoms with Crippen LogP contribution in [0.4, 0.5) is 10.5 Å². The summed E-state index contributed by atoms with van der Waals surface area (Å²) < 4.78 is 5.02. The first kappa shape index (κ1) is 14.2. The molecule has 0 bridgehead atoms. The molecule has 0 radical (unpaired) electrons. The fourth-order valence-corrected chi connectivity index (χ4v) is 1.46. The van der Waals surface area contributed by atoms with Gasteiger partial charge in [-0.15, -0.1) is 0 Å². The number of nitrogens with one attached hydrogen (secondary N) is 2. The van der Waals surface area contributed by atoms with Gasteiger partial charge < -0.3 is 21.1 Å². The molecule has 6 heteroatoms. The molecule has 0 heterocycles. The fourth-order valence-electron chi connectivity index (χ4n) is 1.31. The van der Waals surface area contributed by atoms with Crippen molar-refractivity contribution in [2.45, 2.75) is 12.8 Å². The van der Waals surface area contributed by atoms with Gasteiger partial charge in [-0.3, -0.25) is 0 Å². The van der Waals surface area contributed by atoms with Crippen LogP contribution in [-0.2, 0) is 0 Å². The molecule has 0 aromatic heterocycles. The molecule has 0 fully saturated rings. The van der Waals surface area contributed by atoms with Gasteiger partial charge in [-0.2, -0.15) is 0 Å². The number of carbonyl (C=O) groups excluding carboxylic acids is 1. The Labute approximate surface area is 112 Å². The molecule has 0 aliphatic heterocycles. The number of urea groups is 1. The number of ether oxygens (including phenoxy) is 1. The van der Waals surface area contributed by atoms with Crippen molar-refractivity contribution in [2.75, 3.05) is 19.0 Å². The second-order valence-electron chi connectivity index (χ2n) is 3.68. The number of rotatable bonds is 6. The summed E-state index contributed by atoms with van der Waals surface area (Å²) in [4.78, 5) is 12.0. The number of nitrogens with two attached hydrogens (primary N) is 1. The number of hydrogen-bond donors (Lipinski definition) is 3. The first-order valence-electron chi connectivity index (χ1n) is 5.59. The molecule has 0 spiro atoms. The molecule has 1 rings (SSSR count). The summed E-state index contributed by atoms with van der Waals surface area (Å²) in [5.74, 6) is 0.748. The van der Waals surface area contributed by atoms with Gasteiger partial charge in [0.05, 0.1) is 12.1 Å². The first-order valence-corrected chi connectivity index (χ1v) is 6.00. The Kier molecular flexibility index (Phi) is 5.93. The van der Waals surface area contributed by atoms with Gasteiger partial charge >= 0.3 is 6.03 Å². The zero-order valence-electron chi connectivity index (χ0n) is 10.2. The van der Waals surface area contributed by atoms with Crippen LogP contribution in [-0.4, -0.2) is 24.7 Å². The van der Waals surface area contributed by atoms with E-state index in [1.165, 1.54) is 0 Å². The predicted molar refractivity (Wildman–Crippen MR) is 76.0 cm³/mol. The van der Waals surface area contributed by atoms with E-state index in [1.54, 1.807) is 31.4 Å². The Hall–Kier alpha value is -1.82. The van der Waals surface area contributed by atoms with Crippen LogP contribution >= 0.6 is 12.2 Å². The van der Waals surface area contributed by atoms with E-state index in [9.17, 15) is 4.79 Å². The molecule has 4 N–H and O–H groups in total. The van der Waals surface area contributed by atoms with Gasteiger partial charge in [-0.1, -0.05) is 12.2 Å². The molecule has 0 unspecified atom stereocenters. The topological polar surface area (TPSA) is 76.4 Å². The lowest BCUT2D eigenvalue weighted by Crippen LogP contribution is -2.30. The van der Waals surface area contributed by atoms with Crippen LogP contribution in [0.3, 0.4) is 0 Å². The summed E-state index contributed by atoms with van der Waals surface area (Å²) in [6, 6.07) is 6.86. The van der Waals surface area contributed by atoms with Gasteiger partial charge in [0, 0.05) is 12.2 Å². The zero-order valence-corrected chi connectivity index (χ0v) is 11.0. The molecule has 0 saturated heterocycles. The van der Waals surface area contributed by atoms with Gasteiger partial charge in [-0.05, 0) is 37.1 Å². The van der Waals surface area contributed by atoms with Crippen LogP contribution in [0.15, 0.2) is 24.3 Å². The number of hydrogen-bond acceptors (Lipinski definition) is 3. The van der Waals surface area contributed by atoms with Gasteiger partial charge in [0.2, 0.25) is 0 Å². The summed E-state index contributed by atoms with van der Waals surface area (Å²) in [7, 11) is 1.59. The van der Waals surface area contributed by atoms with Crippen LogP contribution in [0.25, 0.3) is 0 Å². The Bertz CT molecular complexity index is 406. The van der Waals surface area contributed by atoms with Crippen molar-refractivity contribution in [1.29, 1.82) is 0 Å². The summed E-state index contributed by atoms with van der Waals surface area (Å²) in [6.07, 6.45) is 1.38. The van der Waals surface area contributed by atoms with Gasteiger partial charge in [0.1, 0.15) is 5.75 Å². The minimum Gasteiger partial charge on any atom is -0.497 e. The van der Waals surface area contributed by atoms with E-state index in [0.29, 0.717) is 23.6 Å². The molecule has 0 aliphatic rings. The zero-order chi connectivity index (χ0) is 13.4. The third-order valence-corrected chi connectivity index (χ3v) is 2.44. The third kappa shape index (κ3) is 5.49. The van der Waals surface area contributed by atoms with E-state index in [4.69, 9.17) is 22.7 Å². The Morgan fingerprint density at radius 2 is 2.06 bits per heavy atom. The van der Waals surface area contributed by atoms with Gasteiger partial charge in [0.15, 0.2) is 0 Å². The van der Waals surface area contributed by atoms with Gasteiger partial charge in [-0.25, -0.2) is 4.79 Å². The largest absolute Gasteiger partial charge is 0.497 e. The lowest BCUT2D eigenvalue weighted by Gasteiger charge is -2.08.